The van der Waals surface area contributed by atoms with Gasteiger partial charge in [0.1, 0.15) is 0 Å². The van der Waals surface area contributed by atoms with E-state index in [1.807, 2.05) is 29.8 Å². The molecule has 1 aliphatic rings. The van der Waals surface area contributed by atoms with Crippen LogP contribution >= 0.6 is 11.8 Å². The van der Waals surface area contributed by atoms with E-state index >= 15 is 0 Å². The Morgan fingerprint density at radius 2 is 1.84 bits per heavy atom. The van der Waals surface area contributed by atoms with Crippen molar-refractivity contribution in [3.63, 3.8) is 0 Å². The van der Waals surface area contributed by atoms with E-state index in [9.17, 15) is 13.2 Å². The molecule has 1 atom stereocenters. The number of nitrogens with one attached hydrogen (secondary N) is 1. The molecule has 0 radical (unpaired) electrons. The summed E-state index contributed by atoms with van der Waals surface area (Å²) < 4.78 is 30.1. The zero-order chi connectivity index (χ0) is 22.7. The average molecular weight is 472 g/mol. The predicted molar refractivity (Wildman–Crippen MR) is 124 cm³/mol. The van der Waals surface area contributed by atoms with Crippen LogP contribution in [0, 0.1) is 0 Å². The second-order valence-corrected chi connectivity index (χ2v) is 10.5. The molecule has 0 spiro atoms. The number of hydrogen-bond donors (Lipinski definition) is 1. The molecular weight excluding hydrogens is 446 g/mol. The third-order valence-corrected chi connectivity index (χ3v) is 8.38. The molecule has 1 unspecified atom stereocenters. The number of amides is 1. The van der Waals surface area contributed by atoms with Crippen LogP contribution in [0.25, 0.3) is 0 Å². The molecule has 2 aromatic carbocycles. The highest BCUT2D eigenvalue weighted by atomic mass is 32.2. The van der Waals surface area contributed by atoms with E-state index in [1.54, 1.807) is 23.9 Å². The molecule has 1 N–H and O–H groups in total. The van der Waals surface area contributed by atoms with E-state index in [4.69, 9.17) is 0 Å². The standard InChI is InChI=1S/C22H25N5O3S2/c1-16(28)23-18-10-12-19(13-11-18)32(29,30)27-14-6-9-20(27)21-24-25-22(26(21)2)31-15-17-7-4-3-5-8-17/h3-5,7-8,10-13,20H,6,9,14-15H2,1-2H3,(H,23,28). The van der Waals surface area contributed by atoms with Crippen LogP contribution in [-0.4, -0.2) is 39.9 Å². The Balaban J connectivity index is 1.53. The lowest BCUT2D eigenvalue weighted by Gasteiger charge is -2.23. The number of anilines is 1. The first-order valence-electron chi connectivity index (χ1n) is 10.3. The molecule has 168 valence electrons. The SMILES string of the molecule is CC(=O)Nc1ccc(S(=O)(=O)N2CCCC2c2nnc(SCc3ccccc3)n2C)cc1. The van der Waals surface area contributed by atoms with Gasteiger partial charge in [0.15, 0.2) is 11.0 Å². The van der Waals surface area contributed by atoms with Crippen molar-refractivity contribution in [2.24, 2.45) is 7.05 Å². The minimum Gasteiger partial charge on any atom is -0.326 e. The Kier molecular flexibility index (Phi) is 6.63. The van der Waals surface area contributed by atoms with Gasteiger partial charge >= 0.3 is 0 Å². The molecule has 4 rings (SSSR count). The predicted octanol–water partition coefficient (Wildman–Crippen LogP) is 3.59. The summed E-state index contributed by atoms with van der Waals surface area (Å²) in [4.78, 5) is 11.4. The largest absolute Gasteiger partial charge is 0.326 e. The van der Waals surface area contributed by atoms with Crippen LogP contribution in [0.2, 0.25) is 0 Å². The molecule has 1 amide bonds. The fourth-order valence-corrected chi connectivity index (χ4v) is 6.33. The molecule has 1 aliphatic heterocycles. The highest BCUT2D eigenvalue weighted by Gasteiger charge is 2.39. The van der Waals surface area contributed by atoms with Crippen molar-refractivity contribution >= 4 is 33.4 Å². The molecule has 1 fully saturated rings. The first kappa shape index (κ1) is 22.5. The summed E-state index contributed by atoms with van der Waals surface area (Å²) in [5, 5.41) is 12.1. The quantitative estimate of drug-likeness (QED) is 0.529. The number of carbonyl (C=O) groups excluding carboxylic acids is 1. The molecule has 0 aliphatic carbocycles. The third-order valence-electron chi connectivity index (χ3n) is 5.36. The second kappa shape index (κ2) is 9.43. The van der Waals surface area contributed by atoms with Crippen LogP contribution in [0.3, 0.4) is 0 Å². The Hall–Kier alpha value is -2.69. The summed E-state index contributed by atoms with van der Waals surface area (Å²) in [5.41, 5.74) is 1.75. The number of thioether (sulfide) groups is 1. The van der Waals surface area contributed by atoms with Crippen LogP contribution in [0.5, 0.6) is 0 Å². The number of aromatic nitrogens is 3. The van der Waals surface area contributed by atoms with E-state index < -0.39 is 10.0 Å². The van der Waals surface area contributed by atoms with Crippen molar-refractivity contribution in [2.45, 2.75) is 41.6 Å². The Morgan fingerprint density at radius 3 is 2.53 bits per heavy atom. The van der Waals surface area contributed by atoms with Gasteiger partial charge in [0.2, 0.25) is 15.9 Å². The summed E-state index contributed by atoms with van der Waals surface area (Å²) in [6, 6.07) is 16.0. The van der Waals surface area contributed by atoms with Crippen molar-refractivity contribution in [1.29, 1.82) is 0 Å². The monoisotopic (exact) mass is 471 g/mol. The van der Waals surface area contributed by atoms with Gasteiger partial charge in [0.25, 0.3) is 0 Å². The van der Waals surface area contributed by atoms with E-state index in [2.05, 4.69) is 27.6 Å². The van der Waals surface area contributed by atoms with Gasteiger partial charge in [0.05, 0.1) is 10.9 Å². The van der Waals surface area contributed by atoms with Gasteiger partial charge in [-0.05, 0) is 42.7 Å². The lowest BCUT2D eigenvalue weighted by Crippen LogP contribution is -2.32. The summed E-state index contributed by atoms with van der Waals surface area (Å²) in [5.74, 6) is 1.21. The molecular formula is C22H25N5O3S2. The van der Waals surface area contributed by atoms with Crippen LogP contribution in [0.1, 0.15) is 37.2 Å². The molecule has 1 saturated heterocycles. The van der Waals surface area contributed by atoms with Crippen LogP contribution in [0.15, 0.2) is 64.6 Å². The van der Waals surface area contributed by atoms with Crippen LogP contribution in [0.4, 0.5) is 5.69 Å². The van der Waals surface area contributed by atoms with Crippen molar-refractivity contribution < 1.29 is 13.2 Å². The minimum absolute atomic E-state index is 0.194. The molecule has 2 heterocycles. The number of nitrogens with zero attached hydrogens (tertiary/aromatic N) is 4. The highest BCUT2D eigenvalue weighted by Crippen LogP contribution is 2.37. The second-order valence-electron chi connectivity index (χ2n) is 7.65. The average Bonchev–Trinajstić information content (AvgIpc) is 3.40. The summed E-state index contributed by atoms with van der Waals surface area (Å²) in [6.45, 7) is 1.84. The summed E-state index contributed by atoms with van der Waals surface area (Å²) in [6.07, 6.45) is 1.45. The Bertz CT molecular complexity index is 1190. The fraction of sp³-hybridized carbons (Fsp3) is 0.318. The number of hydrogen-bond acceptors (Lipinski definition) is 6. The zero-order valence-electron chi connectivity index (χ0n) is 17.9. The topological polar surface area (TPSA) is 97.2 Å². The van der Waals surface area contributed by atoms with Crippen molar-refractivity contribution in [3.05, 3.63) is 66.0 Å². The van der Waals surface area contributed by atoms with Gasteiger partial charge < -0.3 is 9.88 Å². The molecule has 10 heteroatoms. The maximum absolute atomic E-state index is 13.4. The maximum atomic E-state index is 13.4. The van der Waals surface area contributed by atoms with E-state index in [-0.39, 0.29) is 16.8 Å². The summed E-state index contributed by atoms with van der Waals surface area (Å²) in [7, 11) is -1.83. The lowest BCUT2D eigenvalue weighted by atomic mass is 10.2. The first-order chi connectivity index (χ1) is 15.4. The Labute approximate surface area is 192 Å². The van der Waals surface area contributed by atoms with Gasteiger partial charge in [-0.2, -0.15) is 4.31 Å². The van der Waals surface area contributed by atoms with E-state index in [0.717, 1.165) is 17.3 Å². The van der Waals surface area contributed by atoms with Crippen molar-refractivity contribution in [1.82, 2.24) is 19.1 Å². The minimum atomic E-state index is -3.71. The number of rotatable bonds is 7. The lowest BCUT2D eigenvalue weighted by molar-refractivity contribution is -0.114. The smallest absolute Gasteiger partial charge is 0.243 e. The van der Waals surface area contributed by atoms with Crippen molar-refractivity contribution in [3.8, 4) is 0 Å². The van der Waals surface area contributed by atoms with Gasteiger partial charge in [-0.3, -0.25) is 4.79 Å². The number of benzene rings is 2. The first-order valence-corrected chi connectivity index (χ1v) is 12.7. The molecule has 3 aromatic rings. The van der Waals surface area contributed by atoms with Crippen molar-refractivity contribution in [2.75, 3.05) is 11.9 Å². The highest BCUT2D eigenvalue weighted by molar-refractivity contribution is 7.98. The number of carbonyl (C=O) groups is 1. The van der Waals surface area contributed by atoms with Gasteiger partial charge in [-0.25, -0.2) is 8.42 Å². The molecule has 32 heavy (non-hydrogen) atoms. The molecule has 0 bridgehead atoms. The summed E-state index contributed by atoms with van der Waals surface area (Å²) >= 11 is 1.58. The van der Waals surface area contributed by atoms with E-state index in [0.29, 0.717) is 24.5 Å². The van der Waals surface area contributed by atoms with Crippen LogP contribution in [-0.2, 0) is 27.6 Å². The van der Waals surface area contributed by atoms with Crippen LogP contribution < -0.4 is 5.32 Å². The molecule has 0 saturated carbocycles. The maximum Gasteiger partial charge on any atom is 0.243 e. The normalized spacial score (nSPS) is 16.9. The molecule has 1 aromatic heterocycles. The zero-order valence-corrected chi connectivity index (χ0v) is 19.6. The number of sulfonamides is 1. The Morgan fingerprint density at radius 1 is 1.12 bits per heavy atom. The van der Waals surface area contributed by atoms with E-state index in [1.165, 1.54) is 28.9 Å². The molecule has 8 nitrogen and oxygen atoms in total. The van der Waals surface area contributed by atoms with Gasteiger partial charge in [-0.15, -0.1) is 10.2 Å². The fourth-order valence-electron chi connectivity index (χ4n) is 3.80. The van der Waals surface area contributed by atoms with Gasteiger partial charge in [0, 0.05) is 32.0 Å². The third kappa shape index (κ3) is 4.72. The van der Waals surface area contributed by atoms with Gasteiger partial charge in [-0.1, -0.05) is 42.1 Å².